The summed E-state index contributed by atoms with van der Waals surface area (Å²) in [7, 11) is 0. The van der Waals surface area contributed by atoms with E-state index in [0.717, 1.165) is 6.42 Å². The summed E-state index contributed by atoms with van der Waals surface area (Å²) in [5, 5.41) is 5.20. The average Bonchev–Trinajstić information content (AvgIpc) is 3.07. The first-order chi connectivity index (χ1) is 20.8. The molecule has 0 N–H and O–H groups in total. The van der Waals surface area contributed by atoms with Gasteiger partial charge in [0.25, 0.3) is 0 Å². The molecule has 1 aliphatic carbocycles. The predicted molar refractivity (Wildman–Crippen MR) is 180 cm³/mol. The van der Waals surface area contributed by atoms with Gasteiger partial charge in [-0.05, 0) is 78.0 Å². The Morgan fingerprint density at radius 2 is 1.02 bits per heavy atom. The predicted octanol–water partition coefficient (Wildman–Crippen LogP) is 11.3. The molecular formula is C42H30. The fraction of sp³-hybridized carbons (Fsp3) is 0.0476. The Bertz CT molecular complexity index is 2090. The van der Waals surface area contributed by atoms with E-state index in [-0.39, 0.29) is 0 Å². The lowest BCUT2D eigenvalue weighted by atomic mass is 9.76. The van der Waals surface area contributed by atoms with Crippen LogP contribution in [0.4, 0.5) is 0 Å². The van der Waals surface area contributed by atoms with Gasteiger partial charge >= 0.3 is 0 Å². The Kier molecular flexibility index (Phi) is 6.04. The van der Waals surface area contributed by atoms with Crippen LogP contribution in [0.5, 0.6) is 0 Å². The van der Waals surface area contributed by atoms with E-state index in [0.29, 0.717) is 5.92 Å². The van der Waals surface area contributed by atoms with Crippen LogP contribution in [0, 0.1) is 0 Å². The molecule has 0 amide bonds. The van der Waals surface area contributed by atoms with E-state index in [1.54, 1.807) is 0 Å². The Balaban J connectivity index is 1.32. The van der Waals surface area contributed by atoms with Gasteiger partial charge in [0.15, 0.2) is 0 Å². The quantitative estimate of drug-likeness (QED) is 0.211. The van der Waals surface area contributed by atoms with Gasteiger partial charge in [-0.25, -0.2) is 0 Å². The van der Waals surface area contributed by atoms with E-state index in [9.17, 15) is 0 Å². The summed E-state index contributed by atoms with van der Waals surface area (Å²) in [6.07, 6.45) is 5.79. The first-order valence-corrected chi connectivity index (χ1v) is 14.8. The number of hydrogen-bond acceptors (Lipinski definition) is 0. The first kappa shape index (κ1) is 24.6. The maximum absolute atomic E-state index is 2.43. The summed E-state index contributed by atoms with van der Waals surface area (Å²) in [6.45, 7) is 0. The highest BCUT2D eigenvalue weighted by Gasteiger charge is 2.25. The van der Waals surface area contributed by atoms with E-state index in [2.05, 4.69) is 164 Å². The molecule has 0 saturated carbocycles. The van der Waals surface area contributed by atoms with Gasteiger partial charge < -0.3 is 0 Å². The third kappa shape index (κ3) is 4.16. The van der Waals surface area contributed by atoms with Crippen molar-refractivity contribution >= 4 is 27.6 Å². The molecule has 198 valence electrons. The molecule has 0 aromatic heterocycles. The lowest BCUT2D eigenvalue weighted by Crippen LogP contribution is -2.09. The fourth-order valence-electron chi connectivity index (χ4n) is 6.90. The van der Waals surface area contributed by atoms with Crippen molar-refractivity contribution in [2.75, 3.05) is 0 Å². The summed E-state index contributed by atoms with van der Waals surface area (Å²) < 4.78 is 0. The third-order valence-corrected chi connectivity index (χ3v) is 8.82. The van der Waals surface area contributed by atoms with Gasteiger partial charge in [-0.1, -0.05) is 164 Å². The molecule has 7 aromatic rings. The van der Waals surface area contributed by atoms with Crippen LogP contribution in [-0.2, 0) is 6.42 Å². The van der Waals surface area contributed by atoms with Gasteiger partial charge in [-0.2, -0.15) is 0 Å². The lowest BCUT2D eigenvalue weighted by molar-refractivity contribution is 0.830. The van der Waals surface area contributed by atoms with E-state index < -0.39 is 0 Å². The van der Waals surface area contributed by atoms with E-state index in [4.69, 9.17) is 0 Å². The number of benzene rings is 7. The van der Waals surface area contributed by atoms with Crippen LogP contribution in [0.2, 0.25) is 0 Å². The SMILES string of the molecule is C1=CC(c2cccc(-c3cccc4ccccc34)c2)Cc2c1c(-c1ccccc1)c1ccccc1c2-c1ccccc1. The summed E-state index contributed by atoms with van der Waals surface area (Å²) in [5.41, 5.74) is 11.9. The standard InChI is InChI=1S/C42H30/c1-3-14-30(15-4-1)41-37-22-9-10-23-38(37)42(31-16-5-2-6-17-31)40-28-33(25-26-39(40)41)32-19-11-20-34(27-32)36-24-12-18-29-13-7-8-21-35(29)36/h1-27,33H,28H2. The van der Waals surface area contributed by atoms with Crippen molar-refractivity contribution in [1.82, 2.24) is 0 Å². The Labute approximate surface area is 247 Å². The van der Waals surface area contributed by atoms with Crippen molar-refractivity contribution in [3.8, 4) is 33.4 Å². The van der Waals surface area contributed by atoms with Gasteiger partial charge in [0.1, 0.15) is 0 Å². The zero-order valence-electron chi connectivity index (χ0n) is 23.4. The molecule has 0 heteroatoms. The van der Waals surface area contributed by atoms with Crippen LogP contribution in [-0.4, -0.2) is 0 Å². The van der Waals surface area contributed by atoms with Crippen molar-refractivity contribution in [2.45, 2.75) is 12.3 Å². The largest absolute Gasteiger partial charge is 0.0760 e. The number of hydrogen-bond donors (Lipinski definition) is 0. The maximum atomic E-state index is 2.43. The maximum Gasteiger partial charge on any atom is 0.00623 e. The minimum absolute atomic E-state index is 0.291. The Hall–Kier alpha value is -5.20. The van der Waals surface area contributed by atoms with Crippen LogP contribution in [0.25, 0.3) is 61.0 Å². The Morgan fingerprint density at radius 3 is 1.79 bits per heavy atom. The van der Waals surface area contributed by atoms with Crippen molar-refractivity contribution in [3.05, 3.63) is 174 Å². The van der Waals surface area contributed by atoms with E-state index in [1.807, 2.05) is 0 Å². The lowest BCUT2D eigenvalue weighted by Gasteiger charge is -2.27. The van der Waals surface area contributed by atoms with Crippen molar-refractivity contribution in [2.24, 2.45) is 0 Å². The highest BCUT2D eigenvalue weighted by atomic mass is 14.3. The normalized spacial score (nSPS) is 14.2. The molecule has 0 spiro atoms. The molecule has 0 bridgehead atoms. The molecule has 0 nitrogen and oxygen atoms in total. The van der Waals surface area contributed by atoms with Crippen LogP contribution < -0.4 is 0 Å². The number of fused-ring (bicyclic) bond motifs is 3. The van der Waals surface area contributed by atoms with Crippen molar-refractivity contribution in [3.63, 3.8) is 0 Å². The minimum atomic E-state index is 0.291. The van der Waals surface area contributed by atoms with Crippen LogP contribution >= 0.6 is 0 Å². The van der Waals surface area contributed by atoms with E-state index in [1.165, 1.54) is 71.6 Å². The molecule has 1 atom stereocenters. The number of rotatable bonds is 4. The highest BCUT2D eigenvalue weighted by molar-refractivity contribution is 6.10. The Morgan fingerprint density at radius 1 is 0.452 bits per heavy atom. The smallest absolute Gasteiger partial charge is 0.00623 e. The van der Waals surface area contributed by atoms with Gasteiger partial charge in [-0.3, -0.25) is 0 Å². The summed E-state index contributed by atoms with van der Waals surface area (Å²) in [6, 6.07) is 55.3. The first-order valence-electron chi connectivity index (χ1n) is 14.8. The molecule has 1 aliphatic rings. The van der Waals surface area contributed by atoms with E-state index >= 15 is 0 Å². The topological polar surface area (TPSA) is 0 Å². The van der Waals surface area contributed by atoms with Crippen LogP contribution in [0.3, 0.4) is 0 Å². The number of allylic oxidation sites excluding steroid dienone is 1. The molecule has 0 fully saturated rings. The second kappa shape index (κ2) is 10.3. The molecule has 0 saturated heterocycles. The zero-order chi connectivity index (χ0) is 27.9. The van der Waals surface area contributed by atoms with Crippen LogP contribution in [0.1, 0.15) is 22.6 Å². The summed E-state index contributed by atoms with van der Waals surface area (Å²) in [4.78, 5) is 0. The molecule has 1 unspecified atom stereocenters. The molecule has 42 heavy (non-hydrogen) atoms. The highest BCUT2D eigenvalue weighted by Crippen LogP contribution is 2.46. The fourth-order valence-corrected chi connectivity index (χ4v) is 6.90. The molecule has 0 radical (unpaired) electrons. The van der Waals surface area contributed by atoms with Gasteiger partial charge in [-0.15, -0.1) is 0 Å². The van der Waals surface area contributed by atoms with Gasteiger partial charge in [0.05, 0.1) is 0 Å². The third-order valence-electron chi connectivity index (χ3n) is 8.82. The van der Waals surface area contributed by atoms with Crippen LogP contribution in [0.15, 0.2) is 158 Å². The summed E-state index contributed by atoms with van der Waals surface area (Å²) in [5.74, 6) is 0.291. The molecule has 0 heterocycles. The monoisotopic (exact) mass is 534 g/mol. The van der Waals surface area contributed by atoms with Crippen molar-refractivity contribution in [1.29, 1.82) is 0 Å². The second-order valence-electron chi connectivity index (χ2n) is 11.2. The summed E-state index contributed by atoms with van der Waals surface area (Å²) >= 11 is 0. The van der Waals surface area contributed by atoms with Gasteiger partial charge in [0.2, 0.25) is 0 Å². The molecule has 8 rings (SSSR count). The zero-order valence-corrected chi connectivity index (χ0v) is 23.4. The average molecular weight is 535 g/mol. The minimum Gasteiger partial charge on any atom is -0.0760 e. The van der Waals surface area contributed by atoms with Crippen molar-refractivity contribution < 1.29 is 0 Å². The molecular weight excluding hydrogens is 504 g/mol. The molecule has 0 aliphatic heterocycles. The molecule has 7 aromatic carbocycles. The second-order valence-corrected chi connectivity index (χ2v) is 11.2. The van der Waals surface area contributed by atoms with Gasteiger partial charge in [0, 0.05) is 5.92 Å².